The number of hydrogen-bond donors (Lipinski definition) is 1. The first-order chi connectivity index (χ1) is 11.2. The zero-order valence-electron chi connectivity index (χ0n) is 12.1. The molecule has 0 saturated heterocycles. The quantitative estimate of drug-likeness (QED) is 0.680. The Morgan fingerprint density at radius 2 is 2.00 bits per heavy atom. The van der Waals surface area contributed by atoms with Gasteiger partial charge in [-0.15, -0.1) is 0 Å². The van der Waals surface area contributed by atoms with Crippen molar-refractivity contribution < 1.29 is 27.6 Å². The number of benzene rings is 1. The molecule has 1 aromatic heterocycles. The third-order valence-corrected chi connectivity index (χ3v) is 2.97. The minimum absolute atomic E-state index is 0.0270. The molecule has 0 unspecified atom stereocenters. The lowest BCUT2D eigenvalue weighted by atomic mass is 10.1. The van der Waals surface area contributed by atoms with Gasteiger partial charge in [0.25, 0.3) is 5.91 Å². The number of anilines is 1. The molecule has 126 valence electrons. The van der Waals surface area contributed by atoms with Crippen LogP contribution in [0.25, 0.3) is 0 Å². The Labute approximate surface area is 133 Å². The van der Waals surface area contributed by atoms with Crippen LogP contribution in [0.15, 0.2) is 36.5 Å². The van der Waals surface area contributed by atoms with Crippen molar-refractivity contribution in [1.29, 1.82) is 0 Å². The molecule has 0 aliphatic carbocycles. The molecule has 0 fully saturated rings. The molecular formula is C14H10F3N3O4. The van der Waals surface area contributed by atoms with Gasteiger partial charge in [-0.05, 0) is 18.2 Å². The van der Waals surface area contributed by atoms with Crippen LogP contribution in [0.1, 0.15) is 15.9 Å². The van der Waals surface area contributed by atoms with Crippen molar-refractivity contribution >= 4 is 17.4 Å². The van der Waals surface area contributed by atoms with Crippen LogP contribution >= 0.6 is 0 Å². The first-order valence-corrected chi connectivity index (χ1v) is 6.39. The Hall–Kier alpha value is -3.17. The number of carbonyl (C=O) groups excluding carboxylic acids is 1. The fourth-order valence-corrected chi connectivity index (χ4v) is 1.79. The van der Waals surface area contributed by atoms with Gasteiger partial charge in [0, 0.05) is 23.9 Å². The van der Waals surface area contributed by atoms with Crippen LogP contribution in [-0.2, 0) is 6.18 Å². The van der Waals surface area contributed by atoms with Crippen LogP contribution in [0, 0.1) is 10.1 Å². The molecule has 2 rings (SSSR count). The number of halogens is 3. The minimum Gasteiger partial charge on any atom is -0.490 e. The van der Waals surface area contributed by atoms with Crippen molar-refractivity contribution in [2.24, 2.45) is 0 Å². The van der Waals surface area contributed by atoms with Gasteiger partial charge in [-0.2, -0.15) is 13.2 Å². The number of nitro groups is 1. The highest BCUT2D eigenvalue weighted by molar-refractivity contribution is 6.04. The van der Waals surface area contributed by atoms with Crippen LogP contribution < -0.4 is 10.1 Å². The molecule has 1 aromatic carbocycles. The van der Waals surface area contributed by atoms with E-state index in [0.29, 0.717) is 6.20 Å². The Balaban J connectivity index is 2.19. The molecule has 0 saturated carbocycles. The van der Waals surface area contributed by atoms with E-state index in [1.807, 2.05) is 0 Å². The first kappa shape index (κ1) is 17.2. The topological polar surface area (TPSA) is 94.4 Å². The first-order valence-electron chi connectivity index (χ1n) is 6.39. The van der Waals surface area contributed by atoms with E-state index < -0.39 is 22.6 Å². The smallest absolute Gasteiger partial charge is 0.417 e. The van der Waals surface area contributed by atoms with Gasteiger partial charge in [0.15, 0.2) is 5.75 Å². The van der Waals surface area contributed by atoms with Crippen molar-refractivity contribution in [1.82, 2.24) is 4.98 Å². The number of ether oxygens (including phenoxy) is 1. The van der Waals surface area contributed by atoms with E-state index in [1.165, 1.54) is 13.2 Å². The van der Waals surface area contributed by atoms with E-state index in [-0.39, 0.29) is 22.8 Å². The van der Waals surface area contributed by atoms with Gasteiger partial charge in [0.05, 0.1) is 17.6 Å². The largest absolute Gasteiger partial charge is 0.490 e. The summed E-state index contributed by atoms with van der Waals surface area (Å²) in [4.78, 5) is 25.7. The maximum absolute atomic E-state index is 12.4. The van der Waals surface area contributed by atoms with E-state index in [4.69, 9.17) is 4.74 Å². The average Bonchev–Trinajstić information content (AvgIpc) is 2.53. The SMILES string of the molecule is COc1cc(C(=O)Nc2ccc(C(F)(F)F)cn2)ccc1[N+](=O)[O-]. The number of nitrogens with zero attached hydrogens (tertiary/aromatic N) is 2. The second-order valence-electron chi connectivity index (χ2n) is 4.53. The number of pyridine rings is 1. The number of amides is 1. The van der Waals surface area contributed by atoms with Gasteiger partial charge in [-0.25, -0.2) is 4.98 Å². The zero-order valence-corrected chi connectivity index (χ0v) is 12.1. The van der Waals surface area contributed by atoms with Crippen LogP contribution in [0.4, 0.5) is 24.7 Å². The molecule has 2 aromatic rings. The van der Waals surface area contributed by atoms with Gasteiger partial charge >= 0.3 is 11.9 Å². The number of nitro benzene ring substituents is 1. The van der Waals surface area contributed by atoms with Crippen molar-refractivity contribution in [2.75, 3.05) is 12.4 Å². The van der Waals surface area contributed by atoms with Crippen molar-refractivity contribution in [2.45, 2.75) is 6.18 Å². The maximum atomic E-state index is 12.4. The highest BCUT2D eigenvalue weighted by atomic mass is 19.4. The highest BCUT2D eigenvalue weighted by Crippen LogP contribution is 2.29. The standard InChI is InChI=1S/C14H10F3N3O4/c1-24-11-6-8(2-4-10(11)20(22)23)13(21)19-12-5-3-9(7-18-12)14(15,16)17/h2-7H,1H3,(H,18,19,21). The van der Waals surface area contributed by atoms with E-state index >= 15 is 0 Å². The molecule has 24 heavy (non-hydrogen) atoms. The molecule has 0 atom stereocenters. The number of rotatable bonds is 4. The monoisotopic (exact) mass is 341 g/mol. The summed E-state index contributed by atoms with van der Waals surface area (Å²) in [6.45, 7) is 0. The van der Waals surface area contributed by atoms with Crippen molar-refractivity contribution in [3.05, 3.63) is 57.8 Å². The van der Waals surface area contributed by atoms with Crippen molar-refractivity contribution in [3.63, 3.8) is 0 Å². The fraction of sp³-hybridized carbons (Fsp3) is 0.143. The summed E-state index contributed by atoms with van der Waals surface area (Å²) >= 11 is 0. The highest BCUT2D eigenvalue weighted by Gasteiger charge is 2.30. The number of methoxy groups -OCH3 is 1. The van der Waals surface area contributed by atoms with E-state index in [2.05, 4.69) is 10.3 Å². The molecular weight excluding hydrogens is 331 g/mol. The van der Waals surface area contributed by atoms with E-state index in [9.17, 15) is 28.1 Å². The molecule has 0 aliphatic heterocycles. The number of alkyl halides is 3. The summed E-state index contributed by atoms with van der Waals surface area (Å²) < 4.78 is 42.2. The lowest BCUT2D eigenvalue weighted by Crippen LogP contribution is -2.14. The summed E-state index contributed by atoms with van der Waals surface area (Å²) in [5.74, 6) is -0.909. The van der Waals surface area contributed by atoms with Crippen LogP contribution in [0.5, 0.6) is 5.75 Å². The second kappa shape index (κ2) is 6.52. The number of hydrogen-bond acceptors (Lipinski definition) is 5. The van der Waals surface area contributed by atoms with Gasteiger partial charge in [0.2, 0.25) is 0 Å². The summed E-state index contributed by atoms with van der Waals surface area (Å²) in [7, 11) is 1.21. The zero-order chi connectivity index (χ0) is 17.9. The summed E-state index contributed by atoms with van der Waals surface area (Å²) in [6, 6.07) is 5.22. The number of aromatic nitrogens is 1. The summed E-state index contributed by atoms with van der Waals surface area (Å²) in [5.41, 5.74) is -1.24. The molecule has 1 amide bonds. The third kappa shape index (κ3) is 3.77. The van der Waals surface area contributed by atoms with E-state index in [0.717, 1.165) is 24.3 Å². The normalized spacial score (nSPS) is 11.0. The predicted molar refractivity (Wildman–Crippen MR) is 76.8 cm³/mol. The fourth-order valence-electron chi connectivity index (χ4n) is 1.79. The molecule has 1 N–H and O–H groups in total. The summed E-state index contributed by atoms with van der Waals surface area (Å²) in [5, 5.41) is 13.1. The second-order valence-corrected chi connectivity index (χ2v) is 4.53. The third-order valence-electron chi connectivity index (χ3n) is 2.97. The molecule has 0 aliphatic rings. The lowest BCUT2D eigenvalue weighted by molar-refractivity contribution is -0.385. The summed E-state index contributed by atoms with van der Waals surface area (Å²) in [6.07, 6.45) is -3.94. The molecule has 7 nitrogen and oxygen atoms in total. The predicted octanol–water partition coefficient (Wildman–Crippen LogP) is 3.27. The molecule has 1 heterocycles. The van der Waals surface area contributed by atoms with E-state index in [1.54, 1.807) is 0 Å². The van der Waals surface area contributed by atoms with Gasteiger partial charge in [-0.3, -0.25) is 14.9 Å². The van der Waals surface area contributed by atoms with Crippen LogP contribution in [-0.4, -0.2) is 22.9 Å². The van der Waals surface area contributed by atoms with Crippen LogP contribution in [0.2, 0.25) is 0 Å². The average molecular weight is 341 g/mol. The van der Waals surface area contributed by atoms with Crippen LogP contribution in [0.3, 0.4) is 0 Å². The Bertz CT molecular complexity index is 776. The Morgan fingerprint density at radius 1 is 1.29 bits per heavy atom. The van der Waals surface area contributed by atoms with Gasteiger partial charge in [0.1, 0.15) is 5.82 Å². The molecule has 0 spiro atoms. The number of nitrogens with one attached hydrogen (secondary N) is 1. The number of carbonyl (C=O) groups is 1. The Morgan fingerprint density at radius 3 is 2.50 bits per heavy atom. The molecule has 0 radical (unpaired) electrons. The van der Waals surface area contributed by atoms with Crippen molar-refractivity contribution in [3.8, 4) is 5.75 Å². The lowest BCUT2D eigenvalue weighted by Gasteiger charge is -2.08. The Kier molecular flexibility index (Phi) is 4.67. The minimum atomic E-state index is -4.53. The van der Waals surface area contributed by atoms with Gasteiger partial charge in [-0.1, -0.05) is 0 Å². The van der Waals surface area contributed by atoms with Gasteiger partial charge < -0.3 is 10.1 Å². The maximum Gasteiger partial charge on any atom is 0.417 e. The molecule has 10 heteroatoms. The molecule has 0 bridgehead atoms.